The van der Waals surface area contributed by atoms with Crippen LogP contribution in [0.2, 0.25) is 0 Å². The molecule has 0 aliphatic heterocycles. The van der Waals surface area contributed by atoms with Gasteiger partial charge in [-0.1, -0.05) is 25.2 Å². The van der Waals surface area contributed by atoms with Gasteiger partial charge in [0.15, 0.2) is 21.8 Å². The van der Waals surface area contributed by atoms with Gasteiger partial charge in [-0.05, 0) is 12.3 Å². The highest BCUT2D eigenvalue weighted by Gasteiger charge is 2.21. The van der Waals surface area contributed by atoms with Crippen LogP contribution in [-0.4, -0.2) is 39.8 Å². The molecule has 8 heteroatoms. The van der Waals surface area contributed by atoms with Crippen LogP contribution in [0, 0.1) is 5.92 Å². The lowest BCUT2D eigenvalue weighted by Crippen LogP contribution is -2.36. The highest BCUT2D eigenvalue weighted by atomic mass is 32.1. The smallest absolute Gasteiger partial charge is 0.188 e. The maximum absolute atomic E-state index is 9.61. The summed E-state index contributed by atoms with van der Waals surface area (Å²) in [5, 5.41) is 10.4. The van der Waals surface area contributed by atoms with E-state index >= 15 is 0 Å². The molecule has 0 aliphatic rings. The predicted molar refractivity (Wildman–Crippen MR) is 85.6 cm³/mol. The van der Waals surface area contributed by atoms with Gasteiger partial charge in [-0.15, -0.1) is 12.6 Å². The van der Waals surface area contributed by atoms with Crippen LogP contribution in [-0.2, 0) is 0 Å². The second-order valence-electron chi connectivity index (χ2n) is 5.13. The van der Waals surface area contributed by atoms with Crippen LogP contribution in [0.15, 0.2) is 5.16 Å². The monoisotopic (exact) mass is 313 g/mol. The number of hydrogen-bond donors (Lipinski definition) is 3. The Balaban J connectivity index is 2.44. The summed E-state index contributed by atoms with van der Waals surface area (Å²) in [5.74, 6) is 1.20. The van der Waals surface area contributed by atoms with Crippen molar-refractivity contribution in [2.75, 3.05) is 24.3 Å². The van der Waals surface area contributed by atoms with Crippen molar-refractivity contribution in [1.82, 2.24) is 15.0 Å². The molecule has 2 aromatic heterocycles. The number of nitrogen functional groups attached to an aromatic ring is 1. The molecule has 2 heterocycles. The fraction of sp³-hybridized carbons (Fsp3) is 0.583. The Morgan fingerprint density at radius 1 is 1.35 bits per heavy atom. The molecular weight excluding hydrogens is 294 g/mol. The molecule has 2 aromatic rings. The first-order valence-electron chi connectivity index (χ1n) is 6.39. The van der Waals surface area contributed by atoms with Gasteiger partial charge in [0.2, 0.25) is 0 Å². The van der Waals surface area contributed by atoms with Crippen LogP contribution in [0.3, 0.4) is 0 Å². The van der Waals surface area contributed by atoms with Gasteiger partial charge in [0.25, 0.3) is 0 Å². The molecule has 0 amide bonds. The molecule has 1 atom stereocenters. The zero-order chi connectivity index (χ0) is 14.9. The number of thiol groups is 1. The minimum atomic E-state index is -0.0100. The molecule has 0 bridgehead atoms. The number of nitrogens with zero attached hydrogens (tertiary/aromatic N) is 4. The van der Waals surface area contributed by atoms with Crippen molar-refractivity contribution in [3.63, 3.8) is 0 Å². The minimum Gasteiger partial charge on any atom is -0.394 e. The van der Waals surface area contributed by atoms with Gasteiger partial charge in [0.05, 0.1) is 12.6 Å². The van der Waals surface area contributed by atoms with E-state index in [1.54, 1.807) is 0 Å². The second-order valence-corrected chi connectivity index (χ2v) is 6.56. The molecule has 6 nitrogen and oxygen atoms in total. The summed E-state index contributed by atoms with van der Waals surface area (Å²) in [6.45, 7) is 4.32. The number of likely N-dealkylation sites (N-methyl/N-ethyl adjacent to an activating group) is 1. The lowest BCUT2D eigenvalue weighted by atomic mass is 10.0. The molecule has 0 aromatic carbocycles. The van der Waals surface area contributed by atoms with Gasteiger partial charge in [0, 0.05) is 7.05 Å². The first-order chi connectivity index (χ1) is 9.42. The minimum absolute atomic E-state index is 0.0100. The van der Waals surface area contributed by atoms with Gasteiger partial charge < -0.3 is 15.7 Å². The first kappa shape index (κ1) is 15.3. The Hall–Kier alpha value is -1.12. The van der Waals surface area contributed by atoms with Crippen molar-refractivity contribution in [1.29, 1.82) is 0 Å². The van der Waals surface area contributed by atoms with E-state index in [4.69, 9.17) is 5.73 Å². The number of anilines is 2. The summed E-state index contributed by atoms with van der Waals surface area (Å²) in [6, 6.07) is -0.0100. The zero-order valence-electron chi connectivity index (χ0n) is 11.7. The van der Waals surface area contributed by atoms with Crippen LogP contribution in [0.25, 0.3) is 10.3 Å². The Labute approximate surface area is 127 Å². The molecule has 0 radical (unpaired) electrons. The quantitative estimate of drug-likeness (QED) is 0.576. The molecular formula is C12H19N5OS2. The SMILES string of the molecule is CC(C)C[C@H](CO)N(C)c1nc(S)nc2nc(N)sc12. The van der Waals surface area contributed by atoms with Gasteiger partial charge in [-0.3, -0.25) is 0 Å². The normalized spacial score (nSPS) is 13.1. The van der Waals surface area contributed by atoms with Crippen molar-refractivity contribution in [3.8, 4) is 0 Å². The number of aliphatic hydroxyl groups excluding tert-OH is 1. The van der Waals surface area contributed by atoms with E-state index in [1.165, 1.54) is 11.3 Å². The van der Waals surface area contributed by atoms with Gasteiger partial charge in [0.1, 0.15) is 4.70 Å². The maximum atomic E-state index is 9.61. The number of aliphatic hydroxyl groups is 1. The largest absolute Gasteiger partial charge is 0.394 e. The average Bonchev–Trinajstić information content (AvgIpc) is 2.73. The Kier molecular flexibility index (Phi) is 4.66. The number of rotatable bonds is 5. The third-order valence-corrected chi connectivity index (χ3v) is 4.15. The van der Waals surface area contributed by atoms with Crippen LogP contribution < -0.4 is 10.6 Å². The number of fused-ring (bicyclic) bond motifs is 1. The van der Waals surface area contributed by atoms with Crippen LogP contribution in [0.5, 0.6) is 0 Å². The molecule has 0 spiro atoms. The average molecular weight is 313 g/mol. The van der Waals surface area contributed by atoms with E-state index in [2.05, 4.69) is 41.4 Å². The first-order valence-corrected chi connectivity index (χ1v) is 7.65. The van der Waals surface area contributed by atoms with Gasteiger partial charge >= 0.3 is 0 Å². The van der Waals surface area contributed by atoms with Crippen molar-refractivity contribution in [3.05, 3.63) is 0 Å². The fourth-order valence-electron chi connectivity index (χ4n) is 2.13. The second kappa shape index (κ2) is 6.11. The van der Waals surface area contributed by atoms with Crippen LogP contribution >= 0.6 is 24.0 Å². The standard InChI is InChI=1S/C12H19N5OS2/c1-6(2)4-7(5-18)17(3)10-8-9(14-11(13)20-8)15-12(19)16-10/h6-7,18H,4-5H2,1-3H3,(H3,13,14,15,16,19)/t7-/m1/s1. The highest BCUT2D eigenvalue weighted by Crippen LogP contribution is 2.32. The lowest BCUT2D eigenvalue weighted by Gasteiger charge is -2.29. The van der Waals surface area contributed by atoms with E-state index in [0.29, 0.717) is 27.7 Å². The third kappa shape index (κ3) is 3.13. The van der Waals surface area contributed by atoms with Gasteiger partial charge in [-0.25, -0.2) is 15.0 Å². The summed E-state index contributed by atoms with van der Waals surface area (Å²) in [7, 11) is 1.91. The van der Waals surface area contributed by atoms with Crippen LogP contribution in [0.4, 0.5) is 10.9 Å². The summed E-state index contributed by atoms with van der Waals surface area (Å²) in [4.78, 5) is 14.7. The third-order valence-electron chi connectivity index (χ3n) is 3.08. The number of thiazole rings is 1. The van der Waals surface area contributed by atoms with Gasteiger partial charge in [-0.2, -0.15) is 0 Å². The Bertz CT molecular complexity index is 601. The van der Waals surface area contributed by atoms with Crippen molar-refractivity contribution < 1.29 is 5.11 Å². The van der Waals surface area contributed by atoms with Crippen molar-refractivity contribution >= 4 is 45.3 Å². The molecule has 0 unspecified atom stereocenters. The predicted octanol–water partition coefficient (Wildman–Crippen LogP) is 1.80. The van der Waals surface area contributed by atoms with E-state index in [9.17, 15) is 5.11 Å². The molecule has 0 aliphatic carbocycles. The topological polar surface area (TPSA) is 88.2 Å². The molecule has 20 heavy (non-hydrogen) atoms. The van der Waals surface area contributed by atoms with E-state index in [-0.39, 0.29) is 12.6 Å². The summed E-state index contributed by atoms with van der Waals surface area (Å²) in [5.41, 5.74) is 6.30. The van der Waals surface area contributed by atoms with Crippen molar-refractivity contribution in [2.45, 2.75) is 31.5 Å². The molecule has 0 saturated heterocycles. The number of aromatic nitrogens is 3. The summed E-state index contributed by atoms with van der Waals surface area (Å²) in [6.07, 6.45) is 0.870. The molecule has 3 N–H and O–H groups in total. The van der Waals surface area contributed by atoms with Crippen molar-refractivity contribution in [2.24, 2.45) is 5.92 Å². The lowest BCUT2D eigenvalue weighted by molar-refractivity contribution is 0.245. The summed E-state index contributed by atoms with van der Waals surface area (Å²) < 4.78 is 0.824. The molecule has 2 rings (SSSR count). The van der Waals surface area contributed by atoms with E-state index in [1.807, 2.05) is 11.9 Å². The van der Waals surface area contributed by atoms with E-state index < -0.39 is 0 Å². The molecule has 110 valence electrons. The Morgan fingerprint density at radius 3 is 2.65 bits per heavy atom. The molecule has 0 saturated carbocycles. The highest BCUT2D eigenvalue weighted by molar-refractivity contribution is 7.80. The number of hydrogen-bond acceptors (Lipinski definition) is 8. The summed E-state index contributed by atoms with van der Waals surface area (Å²) >= 11 is 5.56. The zero-order valence-corrected chi connectivity index (χ0v) is 13.4. The molecule has 0 fully saturated rings. The van der Waals surface area contributed by atoms with E-state index in [0.717, 1.165) is 11.1 Å². The fourth-order valence-corrected chi connectivity index (χ4v) is 3.12. The Morgan fingerprint density at radius 2 is 2.05 bits per heavy atom. The maximum Gasteiger partial charge on any atom is 0.188 e. The van der Waals surface area contributed by atoms with Crippen LogP contribution in [0.1, 0.15) is 20.3 Å². The number of nitrogens with two attached hydrogens (primary N) is 1.